The smallest absolute Gasteiger partial charge is 0.335 e. The Morgan fingerprint density at radius 2 is 1.79 bits per heavy atom. The summed E-state index contributed by atoms with van der Waals surface area (Å²) in [7, 11) is 0. The van der Waals surface area contributed by atoms with Gasteiger partial charge in [-0.2, -0.15) is 0 Å². The van der Waals surface area contributed by atoms with Crippen molar-refractivity contribution in [1.29, 1.82) is 0 Å². The number of pyridine rings is 1. The molecule has 0 bridgehead atoms. The number of benzene rings is 3. The first kappa shape index (κ1) is 27.5. The molecule has 0 aliphatic carbocycles. The molecule has 0 radical (unpaired) electrons. The van der Waals surface area contributed by atoms with Crippen molar-refractivity contribution < 1.29 is 32.5 Å². The van der Waals surface area contributed by atoms with Gasteiger partial charge in [-0.15, -0.1) is 0 Å². The normalized spacial score (nSPS) is 14.6. The third-order valence-corrected chi connectivity index (χ3v) is 7.31. The van der Waals surface area contributed by atoms with Gasteiger partial charge in [0.2, 0.25) is 0 Å². The van der Waals surface area contributed by atoms with Crippen LogP contribution < -0.4 is 4.74 Å². The number of carboxylic acid groups (broad SMARTS) is 1. The summed E-state index contributed by atoms with van der Waals surface area (Å²) < 4.78 is 56.4. The fourth-order valence-electron chi connectivity index (χ4n) is 4.90. The van der Waals surface area contributed by atoms with Gasteiger partial charge in [0.05, 0.1) is 29.4 Å². The first-order chi connectivity index (χ1) is 20.2. The Morgan fingerprint density at radius 3 is 2.48 bits per heavy atom. The molecular weight excluding hydrogens is 547 g/mol. The van der Waals surface area contributed by atoms with Crippen molar-refractivity contribution in [3.63, 3.8) is 0 Å². The summed E-state index contributed by atoms with van der Waals surface area (Å²) in [6.07, 6.45) is 1.16. The Hall–Kier alpha value is -4.70. The van der Waals surface area contributed by atoms with Crippen LogP contribution in [0.5, 0.6) is 5.88 Å². The number of imidazole rings is 1. The van der Waals surface area contributed by atoms with Crippen molar-refractivity contribution in [2.75, 3.05) is 6.61 Å². The van der Waals surface area contributed by atoms with Gasteiger partial charge >= 0.3 is 5.97 Å². The summed E-state index contributed by atoms with van der Waals surface area (Å²) in [5.74, 6) is -2.65. The highest BCUT2D eigenvalue weighted by Crippen LogP contribution is 2.28. The van der Waals surface area contributed by atoms with Gasteiger partial charge in [-0.05, 0) is 54.8 Å². The minimum absolute atomic E-state index is 0.0523. The second-order valence-corrected chi connectivity index (χ2v) is 10.3. The van der Waals surface area contributed by atoms with Crippen LogP contribution in [0.4, 0.5) is 13.2 Å². The van der Waals surface area contributed by atoms with Crippen molar-refractivity contribution in [2.24, 2.45) is 0 Å². The van der Waals surface area contributed by atoms with Crippen LogP contribution in [0.15, 0.2) is 66.7 Å². The third-order valence-electron chi connectivity index (χ3n) is 7.31. The zero-order valence-electron chi connectivity index (χ0n) is 22.6. The fraction of sp³-hybridized carbons (Fsp3) is 0.219. The summed E-state index contributed by atoms with van der Waals surface area (Å²) in [6.45, 7) is 2.69. The maximum Gasteiger partial charge on any atom is 0.335 e. The number of aromatic carboxylic acids is 1. The number of nitrogens with zero attached hydrogens (tertiary/aromatic N) is 3. The number of carboxylic acids is 1. The lowest BCUT2D eigenvalue weighted by molar-refractivity contribution is -0.0589. The van der Waals surface area contributed by atoms with E-state index in [-0.39, 0.29) is 29.7 Å². The summed E-state index contributed by atoms with van der Waals surface area (Å²) in [5, 5.41) is 9.43. The number of aromatic nitrogens is 3. The summed E-state index contributed by atoms with van der Waals surface area (Å²) in [4.78, 5) is 20.4. The molecule has 1 aliphatic rings. The molecule has 0 spiro atoms. The number of ether oxygens (including phenoxy) is 2. The Balaban J connectivity index is 1.24. The van der Waals surface area contributed by atoms with Crippen molar-refractivity contribution in [3.8, 4) is 17.1 Å². The average molecular weight is 574 g/mol. The van der Waals surface area contributed by atoms with E-state index in [1.54, 1.807) is 19.1 Å². The predicted octanol–water partition coefficient (Wildman–Crippen LogP) is 6.48. The van der Waals surface area contributed by atoms with E-state index in [0.29, 0.717) is 47.7 Å². The summed E-state index contributed by atoms with van der Waals surface area (Å²) >= 11 is 0. The molecular formula is C32H26F3N3O4. The summed E-state index contributed by atoms with van der Waals surface area (Å²) in [5.41, 5.74) is 3.49. The lowest BCUT2D eigenvalue weighted by Gasteiger charge is -2.27. The monoisotopic (exact) mass is 573 g/mol. The maximum atomic E-state index is 14.8. The molecule has 7 nitrogen and oxygen atoms in total. The first-order valence-electron chi connectivity index (χ1n) is 13.4. The second-order valence-electron chi connectivity index (χ2n) is 10.3. The van der Waals surface area contributed by atoms with Crippen molar-refractivity contribution in [2.45, 2.75) is 39.0 Å². The van der Waals surface area contributed by atoms with Crippen LogP contribution in [0.3, 0.4) is 0 Å². The van der Waals surface area contributed by atoms with E-state index < -0.39 is 23.4 Å². The molecule has 2 aromatic heterocycles. The number of aryl methyl sites for hydroxylation is 1. The molecule has 1 fully saturated rings. The van der Waals surface area contributed by atoms with Gasteiger partial charge in [0.15, 0.2) is 11.6 Å². The zero-order chi connectivity index (χ0) is 29.4. The third kappa shape index (κ3) is 5.58. The van der Waals surface area contributed by atoms with Gasteiger partial charge in [-0.3, -0.25) is 0 Å². The Labute approximate surface area is 239 Å². The van der Waals surface area contributed by atoms with Crippen LogP contribution >= 0.6 is 0 Å². The summed E-state index contributed by atoms with van der Waals surface area (Å²) in [6, 6.07) is 17.3. The van der Waals surface area contributed by atoms with E-state index in [1.165, 1.54) is 24.3 Å². The second kappa shape index (κ2) is 11.3. The van der Waals surface area contributed by atoms with Gasteiger partial charge in [0, 0.05) is 24.2 Å². The topological polar surface area (TPSA) is 86.5 Å². The Bertz CT molecular complexity index is 1800. The van der Waals surface area contributed by atoms with Gasteiger partial charge in [0.1, 0.15) is 23.8 Å². The van der Waals surface area contributed by atoms with Crippen molar-refractivity contribution in [3.05, 3.63) is 112 Å². The molecule has 42 heavy (non-hydrogen) atoms. The zero-order valence-corrected chi connectivity index (χ0v) is 22.6. The van der Waals surface area contributed by atoms with E-state index in [1.807, 2.05) is 28.8 Å². The molecule has 0 saturated carbocycles. The molecule has 3 heterocycles. The Kier molecular flexibility index (Phi) is 7.38. The van der Waals surface area contributed by atoms with Gasteiger partial charge in [-0.25, -0.2) is 27.9 Å². The minimum atomic E-state index is -1.22. The lowest BCUT2D eigenvalue weighted by atomic mass is 10.1. The van der Waals surface area contributed by atoms with Crippen LogP contribution in [0.1, 0.15) is 39.3 Å². The number of hydrogen-bond donors (Lipinski definition) is 1. The van der Waals surface area contributed by atoms with Crippen LogP contribution in [0.25, 0.3) is 22.3 Å². The largest absolute Gasteiger partial charge is 0.478 e. The van der Waals surface area contributed by atoms with Crippen molar-refractivity contribution in [1.82, 2.24) is 14.5 Å². The highest BCUT2D eigenvalue weighted by atomic mass is 19.1. The van der Waals surface area contributed by atoms with Gasteiger partial charge < -0.3 is 19.1 Å². The molecule has 1 atom stereocenters. The highest BCUT2D eigenvalue weighted by Gasteiger charge is 2.24. The van der Waals surface area contributed by atoms with Gasteiger partial charge in [-0.1, -0.05) is 36.4 Å². The van der Waals surface area contributed by atoms with Crippen molar-refractivity contribution >= 4 is 17.0 Å². The molecule has 3 aromatic carbocycles. The molecule has 214 valence electrons. The van der Waals surface area contributed by atoms with Crippen LogP contribution in [-0.4, -0.2) is 38.3 Å². The van der Waals surface area contributed by atoms with E-state index in [2.05, 4.69) is 9.97 Å². The molecule has 0 amide bonds. The molecule has 1 aliphatic heterocycles. The molecule has 5 aromatic rings. The minimum Gasteiger partial charge on any atom is -0.478 e. The SMILES string of the molecule is Cc1ccc(COc2nc(-c3ccc(Cc4nc5c(F)cc(C(=O)O)cc5n4C[C@@H]4CCO4)cc3)ccc2F)c(F)c1. The highest BCUT2D eigenvalue weighted by molar-refractivity contribution is 5.92. The maximum absolute atomic E-state index is 14.8. The number of carbonyl (C=O) groups is 1. The van der Waals surface area contributed by atoms with Gasteiger partial charge in [0.25, 0.3) is 5.88 Å². The number of halogens is 3. The molecule has 1 N–H and O–H groups in total. The standard InChI is InChI=1S/C32H26F3N3O4/c1-18-2-5-21(25(34)12-18)17-42-31-24(33)8-9-27(36-31)20-6-3-19(4-7-20)13-29-37-30-26(35)14-22(32(39)40)15-28(30)38(29)16-23-10-11-41-23/h2-9,12,14-15,23H,10-11,13,16-17H2,1H3,(H,39,40)/t23-/m0/s1. The first-order valence-corrected chi connectivity index (χ1v) is 13.4. The predicted molar refractivity (Wildman–Crippen MR) is 149 cm³/mol. The van der Waals surface area contributed by atoms with E-state index in [9.17, 15) is 23.1 Å². The average Bonchev–Trinajstić information content (AvgIpc) is 3.28. The molecule has 1 saturated heterocycles. The Morgan fingerprint density at radius 1 is 1.00 bits per heavy atom. The molecule has 10 heteroatoms. The van der Waals surface area contributed by atoms with E-state index in [0.717, 1.165) is 23.6 Å². The fourth-order valence-corrected chi connectivity index (χ4v) is 4.90. The van der Waals surface area contributed by atoms with E-state index >= 15 is 0 Å². The lowest BCUT2D eigenvalue weighted by Crippen LogP contribution is -2.31. The van der Waals surface area contributed by atoms with Crippen LogP contribution in [0.2, 0.25) is 0 Å². The van der Waals surface area contributed by atoms with Crippen LogP contribution in [0, 0.1) is 24.4 Å². The number of rotatable bonds is 9. The quantitative estimate of drug-likeness (QED) is 0.217. The number of hydrogen-bond acceptors (Lipinski definition) is 5. The number of fused-ring (bicyclic) bond motifs is 1. The molecule has 0 unspecified atom stereocenters. The molecule has 6 rings (SSSR count). The van der Waals surface area contributed by atoms with Crippen LogP contribution in [-0.2, 0) is 24.3 Å². The van der Waals surface area contributed by atoms with E-state index in [4.69, 9.17) is 9.47 Å².